The van der Waals surface area contributed by atoms with E-state index >= 15 is 0 Å². The minimum Gasteiger partial charge on any atom is -0.496 e. The van der Waals surface area contributed by atoms with Crippen LogP contribution in [0.4, 0.5) is 0 Å². The molecule has 0 fully saturated rings. The normalized spacial score (nSPS) is 17.2. The van der Waals surface area contributed by atoms with Gasteiger partial charge in [0.2, 0.25) is 5.91 Å². The summed E-state index contributed by atoms with van der Waals surface area (Å²) in [5, 5.41) is 7.67. The lowest BCUT2D eigenvalue weighted by Gasteiger charge is -2.42. The third kappa shape index (κ3) is 4.19. The first-order chi connectivity index (χ1) is 17.0. The highest BCUT2D eigenvalue weighted by atomic mass is 16.5. The molecule has 2 aromatic carbocycles. The first kappa shape index (κ1) is 22.5. The molecule has 0 saturated heterocycles. The number of methoxy groups -OCH3 is 1. The van der Waals surface area contributed by atoms with Gasteiger partial charge in [-0.1, -0.05) is 48.5 Å². The highest BCUT2D eigenvalue weighted by Gasteiger charge is 2.48. The molecule has 0 radical (unpaired) electrons. The van der Waals surface area contributed by atoms with Crippen LogP contribution in [-0.4, -0.2) is 39.1 Å². The summed E-state index contributed by atoms with van der Waals surface area (Å²) in [7, 11) is 1.59. The van der Waals surface area contributed by atoms with Crippen molar-refractivity contribution in [2.75, 3.05) is 7.11 Å². The van der Waals surface area contributed by atoms with Crippen molar-refractivity contribution in [1.82, 2.24) is 20.0 Å². The summed E-state index contributed by atoms with van der Waals surface area (Å²) in [6, 6.07) is 22.5. The van der Waals surface area contributed by atoms with Gasteiger partial charge in [-0.3, -0.25) is 14.3 Å². The van der Waals surface area contributed by atoms with Gasteiger partial charge in [-0.15, -0.1) is 0 Å². The average Bonchev–Trinajstić information content (AvgIpc) is 3.56. The molecule has 1 aliphatic heterocycles. The Morgan fingerprint density at radius 3 is 2.63 bits per heavy atom. The number of para-hydroxylation sites is 1. The number of carbonyl (C=O) groups is 2. The van der Waals surface area contributed by atoms with Gasteiger partial charge >= 0.3 is 0 Å². The van der Waals surface area contributed by atoms with Gasteiger partial charge in [-0.25, -0.2) is 0 Å². The maximum Gasteiger partial charge on any atom is 0.273 e. The Morgan fingerprint density at radius 1 is 1.11 bits per heavy atom. The van der Waals surface area contributed by atoms with Gasteiger partial charge in [-0.2, -0.15) is 5.10 Å². The molecule has 2 amide bonds. The molecule has 35 heavy (non-hydrogen) atoms. The lowest BCUT2D eigenvalue weighted by Crippen LogP contribution is -2.63. The molecule has 0 saturated carbocycles. The third-order valence-corrected chi connectivity index (χ3v) is 6.38. The number of fused-ring (bicyclic) bond motifs is 1. The third-order valence-electron chi connectivity index (χ3n) is 6.38. The van der Waals surface area contributed by atoms with E-state index in [-0.39, 0.29) is 31.4 Å². The lowest BCUT2D eigenvalue weighted by atomic mass is 9.94. The molecule has 1 aliphatic rings. The number of amides is 2. The summed E-state index contributed by atoms with van der Waals surface area (Å²) < 4.78 is 12.6. The van der Waals surface area contributed by atoms with Crippen molar-refractivity contribution in [3.8, 4) is 17.0 Å². The number of benzene rings is 2. The van der Waals surface area contributed by atoms with Gasteiger partial charge in [0.05, 0.1) is 32.2 Å². The number of nitrogens with one attached hydrogen (secondary N) is 1. The van der Waals surface area contributed by atoms with Crippen LogP contribution in [0.25, 0.3) is 11.3 Å². The Balaban J connectivity index is 1.48. The Hall–Kier alpha value is -4.33. The number of ether oxygens (including phenoxy) is 1. The molecule has 8 nitrogen and oxygen atoms in total. The summed E-state index contributed by atoms with van der Waals surface area (Å²) in [4.78, 5) is 28.9. The van der Waals surface area contributed by atoms with Crippen LogP contribution in [-0.2, 0) is 24.4 Å². The van der Waals surface area contributed by atoms with Crippen molar-refractivity contribution in [3.05, 3.63) is 96.1 Å². The largest absolute Gasteiger partial charge is 0.496 e. The van der Waals surface area contributed by atoms with E-state index in [4.69, 9.17) is 9.15 Å². The molecule has 0 aliphatic carbocycles. The summed E-state index contributed by atoms with van der Waals surface area (Å²) in [6.07, 6.45) is 1.56. The molecule has 8 heteroatoms. The Morgan fingerprint density at radius 2 is 1.89 bits per heavy atom. The standard InChI is InChI=1S/C27H26N4O4/c1-27(26(33)28-16-20-11-6-7-13-24(20)34-2)18-31-23(15-22(29-31)19-9-4-3-5-10-19)25(32)30(27)17-21-12-8-14-35-21/h3-15H,16-18H2,1-2H3,(H,28,33). The van der Waals surface area contributed by atoms with Crippen LogP contribution < -0.4 is 10.1 Å². The second kappa shape index (κ2) is 9.13. The quantitative estimate of drug-likeness (QED) is 0.443. The van der Waals surface area contributed by atoms with Crippen LogP contribution in [0.2, 0.25) is 0 Å². The van der Waals surface area contributed by atoms with E-state index in [1.54, 1.807) is 48.1 Å². The van der Waals surface area contributed by atoms with Crippen LogP contribution in [0.15, 0.2) is 83.5 Å². The van der Waals surface area contributed by atoms with E-state index in [0.29, 0.717) is 22.9 Å². The molecule has 5 rings (SSSR count). The molecule has 2 aromatic heterocycles. The minimum absolute atomic E-state index is 0.163. The molecule has 1 N–H and O–H groups in total. The zero-order valence-electron chi connectivity index (χ0n) is 19.6. The minimum atomic E-state index is -1.20. The zero-order valence-corrected chi connectivity index (χ0v) is 19.6. The number of hydrogen-bond donors (Lipinski definition) is 1. The SMILES string of the molecule is COc1ccccc1CNC(=O)C1(C)Cn2nc(-c3ccccc3)cc2C(=O)N1Cc1ccco1. The van der Waals surface area contributed by atoms with Gasteiger partial charge in [0.25, 0.3) is 5.91 Å². The van der Waals surface area contributed by atoms with Crippen LogP contribution in [0.1, 0.15) is 28.7 Å². The van der Waals surface area contributed by atoms with Crippen molar-refractivity contribution in [2.24, 2.45) is 0 Å². The van der Waals surface area contributed by atoms with E-state index in [0.717, 1.165) is 11.1 Å². The van der Waals surface area contributed by atoms with E-state index in [2.05, 4.69) is 10.4 Å². The zero-order chi connectivity index (χ0) is 24.4. The summed E-state index contributed by atoms with van der Waals surface area (Å²) >= 11 is 0. The van der Waals surface area contributed by atoms with Crippen LogP contribution in [0, 0.1) is 0 Å². The molecule has 0 spiro atoms. The van der Waals surface area contributed by atoms with E-state index in [9.17, 15) is 9.59 Å². The molecule has 1 unspecified atom stereocenters. The topological polar surface area (TPSA) is 89.6 Å². The maximum atomic E-state index is 13.7. The second-order valence-corrected chi connectivity index (χ2v) is 8.68. The maximum absolute atomic E-state index is 13.7. The highest BCUT2D eigenvalue weighted by Crippen LogP contribution is 2.31. The van der Waals surface area contributed by atoms with Crippen molar-refractivity contribution in [1.29, 1.82) is 0 Å². The fraction of sp³-hybridized carbons (Fsp3) is 0.222. The summed E-state index contributed by atoms with van der Waals surface area (Å²) in [6.45, 7) is 2.40. The van der Waals surface area contributed by atoms with Crippen molar-refractivity contribution >= 4 is 11.8 Å². The highest BCUT2D eigenvalue weighted by molar-refractivity contribution is 6.00. The number of furan rings is 1. The molecule has 4 aromatic rings. The predicted octanol–water partition coefficient (Wildman–Crippen LogP) is 3.88. The summed E-state index contributed by atoms with van der Waals surface area (Å²) in [5.41, 5.74) is 1.68. The van der Waals surface area contributed by atoms with Gasteiger partial charge in [0, 0.05) is 17.7 Å². The van der Waals surface area contributed by atoms with Crippen molar-refractivity contribution < 1.29 is 18.7 Å². The summed E-state index contributed by atoms with van der Waals surface area (Å²) in [5.74, 6) is 0.716. The van der Waals surface area contributed by atoms with Gasteiger partial charge in [-0.05, 0) is 31.2 Å². The molecular weight excluding hydrogens is 444 g/mol. The predicted molar refractivity (Wildman–Crippen MR) is 129 cm³/mol. The number of nitrogens with zero attached hydrogens (tertiary/aromatic N) is 3. The number of aromatic nitrogens is 2. The first-order valence-electron chi connectivity index (χ1n) is 11.4. The Kier molecular flexibility index (Phi) is 5.86. The molecule has 1 atom stereocenters. The molecular formula is C27H26N4O4. The van der Waals surface area contributed by atoms with E-state index in [1.807, 2.05) is 54.6 Å². The fourth-order valence-corrected chi connectivity index (χ4v) is 4.41. The number of rotatable bonds is 7. The monoisotopic (exact) mass is 470 g/mol. The smallest absolute Gasteiger partial charge is 0.273 e. The lowest BCUT2D eigenvalue weighted by molar-refractivity contribution is -0.133. The van der Waals surface area contributed by atoms with Crippen LogP contribution in [0.5, 0.6) is 5.75 Å². The number of hydrogen-bond acceptors (Lipinski definition) is 5. The van der Waals surface area contributed by atoms with Gasteiger partial charge in [0.1, 0.15) is 22.7 Å². The van der Waals surface area contributed by atoms with Gasteiger partial charge < -0.3 is 19.4 Å². The Labute approximate surface area is 203 Å². The van der Waals surface area contributed by atoms with Crippen molar-refractivity contribution in [3.63, 3.8) is 0 Å². The first-order valence-corrected chi connectivity index (χ1v) is 11.4. The molecule has 178 valence electrons. The molecule has 0 bridgehead atoms. The average molecular weight is 471 g/mol. The molecule has 3 heterocycles. The Bertz CT molecular complexity index is 1350. The van der Waals surface area contributed by atoms with Gasteiger partial charge in [0.15, 0.2) is 0 Å². The van der Waals surface area contributed by atoms with Crippen molar-refractivity contribution in [2.45, 2.75) is 32.1 Å². The van der Waals surface area contributed by atoms with E-state index < -0.39 is 5.54 Å². The van der Waals surface area contributed by atoms with Crippen LogP contribution >= 0.6 is 0 Å². The van der Waals surface area contributed by atoms with E-state index in [1.165, 1.54) is 0 Å². The number of carbonyl (C=O) groups excluding carboxylic acids is 2. The second-order valence-electron chi connectivity index (χ2n) is 8.68. The van der Waals surface area contributed by atoms with Crippen LogP contribution in [0.3, 0.4) is 0 Å². The fourth-order valence-electron chi connectivity index (χ4n) is 4.41.